The summed E-state index contributed by atoms with van der Waals surface area (Å²) in [6.07, 6.45) is 7.42. The third kappa shape index (κ3) is 5.05. The van der Waals surface area contributed by atoms with Gasteiger partial charge in [-0.25, -0.2) is 0 Å². The fourth-order valence-electron chi connectivity index (χ4n) is 2.06. The van der Waals surface area contributed by atoms with E-state index < -0.39 is 6.10 Å². The first-order valence-corrected chi connectivity index (χ1v) is 6.64. The number of aliphatic hydroxyl groups excluding tert-OH is 1. The number of carbonyl (C=O) groups is 1. The van der Waals surface area contributed by atoms with Gasteiger partial charge in [0, 0.05) is 0 Å². The maximum absolute atomic E-state index is 11.3. The van der Waals surface area contributed by atoms with Crippen LogP contribution in [-0.4, -0.2) is 23.8 Å². The van der Waals surface area contributed by atoms with E-state index in [2.05, 4.69) is 32.9 Å². The molecular formula is C15H24O3. The van der Waals surface area contributed by atoms with Crippen LogP contribution >= 0.6 is 0 Å². The van der Waals surface area contributed by atoms with Gasteiger partial charge in [-0.05, 0) is 46.5 Å². The van der Waals surface area contributed by atoms with E-state index in [1.54, 1.807) is 0 Å². The largest absolute Gasteiger partial charge is 0.463 e. The highest BCUT2D eigenvalue weighted by atomic mass is 16.6. The Bertz CT molecular complexity index is 338. The Labute approximate surface area is 110 Å². The molecule has 1 heterocycles. The van der Waals surface area contributed by atoms with Gasteiger partial charge in [0.2, 0.25) is 0 Å². The van der Waals surface area contributed by atoms with Gasteiger partial charge in [-0.1, -0.05) is 23.3 Å². The average Bonchev–Trinajstić information content (AvgIpc) is 2.60. The van der Waals surface area contributed by atoms with E-state index in [1.807, 2.05) is 0 Å². The SMILES string of the molecule is CC(C)=CCC/C(C)=C/CC[C@H]1C(=O)OC[C@@H]1O. The fraction of sp³-hybridized carbons (Fsp3) is 0.667. The van der Waals surface area contributed by atoms with E-state index in [0.717, 1.165) is 19.3 Å². The molecule has 3 nitrogen and oxygen atoms in total. The van der Waals surface area contributed by atoms with E-state index in [9.17, 15) is 9.90 Å². The van der Waals surface area contributed by atoms with Crippen molar-refractivity contribution in [3.63, 3.8) is 0 Å². The van der Waals surface area contributed by atoms with Crippen LogP contribution in [0.2, 0.25) is 0 Å². The number of allylic oxidation sites excluding steroid dienone is 4. The minimum atomic E-state index is -0.614. The number of carbonyl (C=O) groups excluding carboxylic acids is 1. The Hall–Kier alpha value is -1.09. The third-order valence-electron chi connectivity index (χ3n) is 3.23. The molecule has 1 N–H and O–H groups in total. The van der Waals surface area contributed by atoms with Crippen molar-refractivity contribution >= 4 is 5.97 Å². The number of hydrogen-bond donors (Lipinski definition) is 1. The molecule has 1 aliphatic heterocycles. The van der Waals surface area contributed by atoms with Gasteiger partial charge in [0.15, 0.2) is 0 Å². The summed E-state index contributed by atoms with van der Waals surface area (Å²) in [5.41, 5.74) is 2.69. The molecule has 102 valence electrons. The summed E-state index contributed by atoms with van der Waals surface area (Å²) in [6, 6.07) is 0. The molecule has 3 heteroatoms. The van der Waals surface area contributed by atoms with Crippen molar-refractivity contribution < 1.29 is 14.6 Å². The van der Waals surface area contributed by atoms with Crippen LogP contribution in [0.1, 0.15) is 46.5 Å². The average molecular weight is 252 g/mol. The van der Waals surface area contributed by atoms with Crippen LogP contribution in [0.4, 0.5) is 0 Å². The van der Waals surface area contributed by atoms with Crippen LogP contribution in [0, 0.1) is 5.92 Å². The Morgan fingerprint density at radius 3 is 2.61 bits per heavy atom. The summed E-state index contributed by atoms with van der Waals surface area (Å²) in [5.74, 6) is -0.579. The number of ether oxygens (including phenoxy) is 1. The molecule has 1 aliphatic rings. The standard InChI is InChI=1S/C15H24O3/c1-11(2)6-4-7-12(3)8-5-9-13-14(16)10-18-15(13)17/h6,8,13-14,16H,4-5,7,9-10H2,1-3H3/b12-8+/t13-,14+/m1/s1. The van der Waals surface area contributed by atoms with Crippen molar-refractivity contribution in [2.75, 3.05) is 6.61 Å². The first-order chi connectivity index (χ1) is 8.50. The molecule has 0 spiro atoms. The molecule has 1 rings (SSSR count). The topological polar surface area (TPSA) is 46.5 Å². The molecule has 0 saturated carbocycles. The Kier molecular flexibility index (Phi) is 6.13. The van der Waals surface area contributed by atoms with Crippen molar-refractivity contribution in [3.05, 3.63) is 23.3 Å². The monoisotopic (exact) mass is 252 g/mol. The van der Waals surface area contributed by atoms with E-state index >= 15 is 0 Å². The first-order valence-electron chi connectivity index (χ1n) is 6.64. The predicted octanol–water partition coefficient (Wildman–Crippen LogP) is 2.99. The fourth-order valence-corrected chi connectivity index (χ4v) is 2.06. The van der Waals surface area contributed by atoms with Gasteiger partial charge >= 0.3 is 5.97 Å². The molecule has 18 heavy (non-hydrogen) atoms. The number of esters is 1. The second kappa shape index (κ2) is 7.37. The van der Waals surface area contributed by atoms with Crippen molar-refractivity contribution in [1.29, 1.82) is 0 Å². The van der Waals surface area contributed by atoms with Gasteiger partial charge in [0.05, 0.1) is 5.92 Å². The van der Waals surface area contributed by atoms with E-state index in [0.29, 0.717) is 6.42 Å². The quantitative estimate of drug-likeness (QED) is 0.584. The van der Waals surface area contributed by atoms with Crippen LogP contribution in [0.15, 0.2) is 23.3 Å². The summed E-state index contributed by atoms with van der Waals surface area (Å²) in [7, 11) is 0. The molecule has 0 bridgehead atoms. The highest BCUT2D eigenvalue weighted by Gasteiger charge is 2.34. The third-order valence-corrected chi connectivity index (χ3v) is 3.23. The zero-order chi connectivity index (χ0) is 13.5. The van der Waals surface area contributed by atoms with Crippen molar-refractivity contribution in [2.45, 2.75) is 52.6 Å². The second-order valence-corrected chi connectivity index (χ2v) is 5.25. The van der Waals surface area contributed by atoms with E-state index in [1.165, 1.54) is 11.1 Å². The number of hydrogen-bond acceptors (Lipinski definition) is 3. The number of aliphatic hydroxyl groups is 1. The van der Waals surface area contributed by atoms with Gasteiger partial charge < -0.3 is 9.84 Å². The first kappa shape index (κ1) is 15.0. The molecule has 1 saturated heterocycles. The molecule has 0 aromatic rings. The minimum absolute atomic E-state index is 0.159. The second-order valence-electron chi connectivity index (χ2n) is 5.25. The molecule has 0 aromatic carbocycles. The van der Waals surface area contributed by atoms with Gasteiger partial charge in [0.25, 0.3) is 0 Å². The molecule has 0 radical (unpaired) electrons. The Balaban J connectivity index is 2.27. The molecule has 2 atom stereocenters. The van der Waals surface area contributed by atoms with Gasteiger partial charge in [0.1, 0.15) is 12.7 Å². The maximum atomic E-state index is 11.3. The molecule has 1 fully saturated rings. The lowest BCUT2D eigenvalue weighted by Crippen LogP contribution is -2.20. The molecule has 0 amide bonds. The summed E-state index contributed by atoms with van der Waals surface area (Å²) >= 11 is 0. The lowest BCUT2D eigenvalue weighted by atomic mass is 9.98. The molecule has 0 unspecified atom stereocenters. The number of cyclic esters (lactones) is 1. The summed E-state index contributed by atoms with van der Waals surface area (Å²) < 4.78 is 4.81. The molecule has 0 aliphatic carbocycles. The smallest absolute Gasteiger partial charge is 0.311 e. The lowest BCUT2D eigenvalue weighted by Gasteiger charge is -2.07. The summed E-state index contributed by atoms with van der Waals surface area (Å²) in [4.78, 5) is 11.3. The maximum Gasteiger partial charge on any atom is 0.311 e. The zero-order valence-corrected chi connectivity index (χ0v) is 11.6. The van der Waals surface area contributed by atoms with E-state index in [4.69, 9.17) is 4.74 Å². The number of rotatable bonds is 6. The van der Waals surface area contributed by atoms with E-state index in [-0.39, 0.29) is 18.5 Å². The van der Waals surface area contributed by atoms with Crippen molar-refractivity contribution in [2.24, 2.45) is 5.92 Å². The van der Waals surface area contributed by atoms with Crippen LogP contribution in [0.5, 0.6) is 0 Å². The van der Waals surface area contributed by atoms with Gasteiger partial charge in [-0.15, -0.1) is 0 Å². The highest BCUT2D eigenvalue weighted by Crippen LogP contribution is 2.21. The molecular weight excluding hydrogens is 228 g/mol. The molecule has 0 aromatic heterocycles. The predicted molar refractivity (Wildman–Crippen MR) is 72.1 cm³/mol. The highest BCUT2D eigenvalue weighted by molar-refractivity contribution is 5.75. The van der Waals surface area contributed by atoms with Crippen LogP contribution in [0.25, 0.3) is 0 Å². The zero-order valence-electron chi connectivity index (χ0n) is 11.6. The summed E-state index contributed by atoms with van der Waals surface area (Å²) in [6.45, 7) is 6.48. The van der Waals surface area contributed by atoms with Crippen LogP contribution < -0.4 is 0 Å². The van der Waals surface area contributed by atoms with Crippen molar-refractivity contribution in [1.82, 2.24) is 0 Å². The lowest BCUT2D eigenvalue weighted by molar-refractivity contribution is -0.141. The van der Waals surface area contributed by atoms with Crippen LogP contribution in [0.3, 0.4) is 0 Å². The Morgan fingerprint density at radius 1 is 1.33 bits per heavy atom. The van der Waals surface area contributed by atoms with Gasteiger partial charge in [-0.3, -0.25) is 4.79 Å². The minimum Gasteiger partial charge on any atom is -0.463 e. The summed E-state index contributed by atoms with van der Waals surface area (Å²) in [5, 5.41) is 9.55. The van der Waals surface area contributed by atoms with Gasteiger partial charge in [-0.2, -0.15) is 0 Å². The Morgan fingerprint density at radius 2 is 2.06 bits per heavy atom. The van der Waals surface area contributed by atoms with Crippen LogP contribution in [-0.2, 0) is 9.53 Å². The van der Waals surface area contributed by atoms with Crippen molar-refractivity contribution in [3.8, 4) is 0 Å². The normalized spacial score (nSPS) is 24.0.